The summed E-state index contributed by atoms with van der Waals surface area (Å²) in [5, 5.41) is 0. The SMILES string of the molecule is C=C1/C(=C\COC)CCC[C@@H]1P. The summed E-state index contributed by atoms with van der Waals surface area (Å²) in [5.74, 6) is 0. The maximum atomic E-state index is 5.00. The van der Waals surface area contributed by atoms with Crippen LogP contribution in [-0.2, 0) is 4.74 Å². The summed E-state index contributed by atoms with van der Waals surface area (Å²) < 4.78 is 5.00. The Morgan fingerprint density at radius 1 is 1.75 bits per heavy atom. The van der Waals surface area contributed by atoms with Crippen LogP contribution in [-0.4, -0.2) is 19.4 Å². The van der Waals surface area contributed by atoms with Crippen molar-refractivity contribution < 1.29 is 4.74 Å². The van der Waals surface area contributed by atoms with Crippen LogP contribution in [0.3, 0.4) is 0 Å². The molecule has 2 atom stereocenters. The molecule has 2 heteroatoms. The molecular formula is C10H17OP. The Balaban J connectivity index is 2.57. The van der Waals surface area contributed by atoms with Gasteiger partial charge in [0, 0.05) is 7.11 Å². The van der Waals surface area contributed by atoms with Crippen molar-refractivity contribution in [1.82, 2.24) is 0 Å². The summed E-state index contributed by atoms with van der Waals surface area (Å²) in [6.45, 7) is 4.80. The molecule has 0 aromatic heterocycles. The molecule has 0 aliphatic heterocycles. The molecule has 68 valence electrons. The summed E-state index contributed by atoms with van der Waals surface area (Å²) in [6.07, 6.45) is 5.86. The van der Waals surface area contributed by atoms with E-state index in [2.05, 4.69) is 21.9 Å². The predicted molar refractivity (Wildman–Crippen MR) is 56.4 cm³/mol. The number of methoxy groups -OCH3 is 1. The second-order valence-corrected chi connectivity index (χ2v) is 4.01. The standard InChI is InChI=1S/C10H17OP/c1-8-9(6-7-11-2)4-3-5-10(8)12/h6,10H,1,3-5,7,12H2,2H3/b9-6-/t10-/m0/s1. The van der Waals surface area contributed by atoms with Crippen LogP contribution in [0, 0.1) is 0 Å². The molecule has 1 nitrogen and oxygen atoms in total. The van der Waals surface area contributed by atoms with Gasteiger partial charge in [-0.25, -0.2) is 0 Å². The monoisotopic (exact) mass is 184 g/mol. The molecule has 1 rings (SSSR count). The average Bonchev–Trinajstić information content (AvgIpc) is 2.08. The lowest BCUT2D eigenvalue weighted by atomic mass is 9.90. The van der Waals surface area contributed by atoms with E-state index in [1.165, 1.54) is 30.4 Å². The third kappa shape index (κ3) is 2.43. The molecule has 1 aliphatic carbocycles. The minimum absolute atomic E-state index is 0.585. The van der Waals surface area contributed by atoms with Gasteiger partial charge < -0.3 is 4.74 Å². The van der Waals surface area contributed by atoms with E-state index >= 15 is 0 Å². The zero-order chi connectivity index (χ0) is 8.97. The molecule has 1 fully saturated rings. The van der Waals surface area contributed by atoms with Crippen molar-refractivity contribution in [2.75, 3.05) is 13.7 Å². The van der Waals surface area contributed by atoms with Crippen LogP contribution in [0.25, 0.3) is 0 Å². The Kier molecular flexibility index (Phi) is 3.97. The van der Waals surface area contributed by atoms with Crippen LogP contribution in [0.15, 0.2) is 23.8 Å². The van der Waals surface area contributed by atoms with Crippen LogP contribution in [0.2, 0.25) is 0 Å². The van der Waals surface area contributed by atoms with Gasteiger partial charge in [-0.15, -0.1) is 9.24 Å². The molecule has 0 bridgehead atoms. The zero-order valence-electron chi connectivity index (χ0n) is 7.68. The zero-order valence-corrected chi connectivity index (χ0v) is 8.83. The molecule has 1 saturated carbocycles. The highest BCUT2D eigenvalue weighted by Gasteiger charge is 2.16. The van der Waals surface area contributed by atoms with Crippen molar-refractivity contribution in [3.05, 3.63) is 23.8 Å². The van der Waals surface area contributed by atoms with Gasteiger partial charge in [0.2, 0.25) is 0 Å². The molecule has 0 aromatic rings. The van der Waals surface area contributed by atoms with Crippen LogP contribution in [0.4, 0.5) is 0 Å². The first-order chi connectivity index (χ1) is 5.75. The van der Waals surface area contributed by atoms with Crippen molar-refractivity contribution in [1.29, 1.82) is 0 Å². The van der Waals surface area contributed by atoms with Gasteiger partial charge in [0.15, 0.2) is 0 Å². The van der Waals surface area contributed by atoms with Crippen molar-refractivity contribution in [2.24, 2.45) is 0 Å². The van der Waals surface area contributed by atoms with Gasteiger partial charge in [0.1, 0.15) is 0 Å². The summed E-state index contributed by atoms with van der Waals surface area (Å²) in [6, 6.07) is 0. The van der Waals surface area contributed by atoms with E-state index in [0.717, 1.165) is 0 Å². The van der Waals surface area contributed by atoms with Gasteiger partial charge in [-0.1, -0.05) is 12.7 Å². The van der Waals surface area contributed by atoms with E-state index in [1.54, 1.807) is 7.11 Å². The fourth-order valence-corrected chi connectivity index (χ4v) is 1.95. The molecule has 0 spiro atoms. The lowest BCUT2D eigenvalue weighted by Gasteiger charge is -2.23. The third-order valence-corrected chi connectivity index (χ3v) is 3.05. The second-order valence-electron chi connectivity index (χ2n) is 3.21. The summed E-state index contributed by atoms with van der Waals surface area (Å²) >= 11 is 0. The maximum Gasteiger partial charge on any atom is 0.0649 e. The highest BCUT2D eigenvalue weighted by atomic mass is 31.0. The quantitative estimate of drug-likeness (QED) is 0.599. The van der Waals surface area contributed by atoms with Crippen LogP contribution in [0.5, 0.6) is 0 Å². The first kappa shape index (κ1) is 9.95. The molecule has 1 unspecified atom stereocenters. The van der Waals surface area contributed by atoms with Crippen molar-refractivity contribution >= 4 is 9.24 Å². The molecule has 0 aromatic carbocycles. The maximum absolute atomic E-state index is 5.00. The van der Waals surface area contributed by atoms with Crippen molar-refractivity contribution in [2.45, 2.75) is 24.9 Å². The number of allylic oxidation sites excluding steroid dienone is 2. The second kappa shape index (κ2) is 4.79. The summed E-state index contributed by atoms with van der Waals surface area (Å²) in [5.41, 5.74) is 3.26. The van der Waals surface area contributed by atoms with E-state index in [4.69, 9.17) is 4.74 Å². The third-order valence-electron chi connectivity index (χ3n) is 2.32. The normalized spacial score (nSPS) is 28.0. The van der Waals surface area contributed by atoms with Crippen LogP contribution in [0.1, 0.15) is 19.3 Å². The van der Waals surface area contributed by atoms with Gasteiger partial charge >= 0.3 is 0 Å². The average molecular weight is 184 g/mol. The Hall–Kier alpha value is -0.130. The van der Waals surface area contributed by atoms with E-state index in [1.807, 2.05) is 0 Å². The predicted octanol–water partition coefficient (Wildman–Crippen LogP) is 2.54. The van der Waals surface area contributed by atoms with Crippen molar-refractivity contribution in [3.63, 3.8) is 0 Å². The van der Waals surface area contributed by atoms with Crippen LogP contribution < -0.4 is 0 Å². The minimum atomic E-state index is 0.585. The highest BCUT2D eigenvalue weighted by Crippen LogP contribution is 2.32. The molecule has 1 aliphatic rings. The van der Waals surface area contributed by atoms with E-state index in [0.29, 0.717) is 12.3 Å². The van der Waals surface area contributed by atoms with Gasteiger partial charge in [-0.05, 0) is 36.1 Å². The topological polar surface area (TPSA) is 9.23 Å². The van der Waals surface area contributed by atoms with Crippen molar-refractivity contribution in [3.8, 4) is 0 Å². The lowest BCUT2D eigenvalue weighted by molar-refractivity contribution is 0.233. The molecule has 0 amide bonds. The molecule has 0 radical (unpaired) electrons. The number of hydrogen-bond donors (Lipinski definition) is 0. The molecule has 0 heterocycles. The Morgan fingerprint density at radius 3 is 3.17 bits per heavy atom. The fraction of sp³-hybridized carbons (Fsp3) is 0.600. The van der Waals surface area contributed by atoms with Gasteiger partial charge in [0.05, 0.1) is 6.61 Å². The Labute approximate surface area is 77.1 Å². The lowest BCUT2D eigenvalue weighted by Crippen LogP contribution is -2.10. The van der Waals surface area contributed by atoms with E-state index < -0.39 is 0 Å². The largest absolute Gasteiger partial charge is 0.381 e. The highest BCUT2D eigenvalue weighted by molar-refractivity contribution is 7.18. The first-order valence-electron chi connectivity index (χ1n) is 4.38. The first-order valence-corrected chi connectivity index (χ1v) is 5.05. The van der Waals surface area contributed by atoms with Gasteiger partial charge in [0.25, 0.3) is 0 Å². The smallest absolute Gasteiger partial charge is 0.0649 e. The molecule has 12 heavy (non-hydrogen) atoms. The number of ether oxygens (including phenoxy) is 1. The molecular weight excluding hydrogens is 167 g/mol. The number of rotatable bonds is 2. The van der Waals surface area contributed by atoms with Gasteiger partial charge in [-0.2, -0.15) is 0 Å². The summed E-state index contributed by atoms with van der Waals surface area (Å²) in [4.78, 5) is 0. The van der Waals surface area contributed by atoms with E-state index in [9.17, 15) is 0 Å². The fourth-order valence-electron chi connectivity index (χ4n) is 1.50. The molecule has 0 N–H and O–H groups in total. The minimum Gasteiger partial charge on any atom is -0.381 e. The summed E-state index contributed by atoms with van der Waals surface area (Å²) in [7, 11) is 4.58. The van der Waals surface area contributed by atoms with Gasteiger partial charge in [-0.3, -0.25) is 0 Å². The molecule has 0 saturated heterocycles. The Morgan fingerprint density at radius 2 is 2.50 bits per heavy atom. The number of hydrogen-bond acceptors (Lipinski definition) is 1. The van der Waals surface area contributed by atoms with E-state index in [-0.39, 0.29) is 0 Å². The van der Waals surface area contributed by atoms with Crippen LogP contribution >= 0.6 is 9.24 Å². The Bertz CT molecular complexity index is 196.